The highest BCUT2D eigenvalue weighted by atomic mass is 15.5. The molecule has 0 bridgehead atoms. The lowest BCUT2D eigenvalue weighted by Gasteiger charge is -2.52. The number of nitrogens with one attached hydrogen (secondary N) is 4. The lowest BCUT2D eigenvalue weighted by Crippen LogP contribution is -2.73. The average Bonchev–Trinajstić information content (AvgIpc) is 3.76. The number of likely N-dealkylation sites (tertiary alicyclic amines) is 1. The molecule has 6 heteroatoms. The zero-order valence-electron chi connectivity index (χ0n) is 32.1. The number of quaternary nitrogens is 1. The number of nitrogens with zero attached hydrogens (tertiary/aromatic N) is 2. The van der Waals surface area contributed by atoms with Crippen molar-refractivity contribution in [2.45, 2.75) is 190 Å². The van der Waals surface area contributed by atoms with Crippen molar-refractivity contribution in [2.75, 3.05) is 0 Å². The van der Waals surface area contributed by atoms with Crippen LogP contribution in [0.15, 0.2) is 71.8 Å². The zero-order valence-corrected chi connectivity index (χ0v) is 32.1. The molecule has 3 aliphatic heterocycles. The van der Waals surface area contributed by atoms with Gasteiger partial charge in [-0.15, -0.1) is 0 Å². The SMILES string of the molecule is C1=CC2NC(C3CC(C4NC(C5CC=CCC5)NC(C5CCCCC5)N4)CC([N+]4(C5C=CCCC5)C5=C4CCCC5)C3)N(C3=CCCCC3)C2C=C1. The van der Waals surface area contributed by atoms with Gasteiger partial charge >= 0.3 is 0 Å². The summed E-state index contributed by atoms with van der Waals surface area (Å²) in [4.78, 5) is 2.93. The molecule has 10 aliphatic rings. The van der Waals surface area contributed by atoms with Gasteiger partial charge in [0.15, 0.2) is 11.4 Å². The van der Waals surface area contributed by atoms with E-state index in [-0.39, 0.29) is 0 Å². The molecule has 0 amide bonds. The van der Waals surface area contributed by atoms with E-state index in [1.807, 2.05) is 11.4 Å². The molecule has 282 valence electrons. The molecule has 11 atom stereocenters. The Morgan fingerprint density at radius 1 is 0.558 bits per heavy atom. The van der Waals surface area contributed by atoms with E-state index in [0.29, 0.717) is 66.6 Å². The fourth-order valence-corrected chi connectivity index (χ4v) is 13.5. The molecule has 3 heterocycles. The van der Waals surface area contributed by atoms with E-state index in [0.717, 1.165) is 5.92 Å². The fraction of sp³-hybridized carbons (Fsp3) is 0.739. The van der Waals surface area contributed by atoms with Crippen LogP contribution in [-0.2, 0) is 0 Å². The third kappa shape index (κ3) is 6.29. The quantitative estimate of drug-likeness (QED) is 0.158. The third-order valence-corrected chi connectivity index (χ3v) is 15.9. The summed E-state index contributed by atoms with van der Waals surface area (Å²) in [7, 11) is 0. The van der Waals surface area contributed by atoms with E-state index >= 15 is 0 Å². The number of allylic oxidation sites excluding steroid dienone is 9. The highest BCUT2D eigenvalue weighted by molar-refractivity contribution is 5.29. The Balaban J connectivity index is 1.01. The first kappa shape index (κ1) is 34.5. The van der Waals surface area contributed by atoms with Gasteiger partial charge in [0.25, 0.3) is 0 Å². The van der Waals surface area contributed by atoms with E-state index < -0.39 is 0 Å². The Labute approximate surface area is 315 Å². The van der Waals surface area contributed by atoms with Gasteiger partial charge in [-0.2, -0.15) is 0 Å². The minimum Gasteiger partial charge on any atom is -0.351 e. The van der Waals surface area contributed by atoms with Crippen molar-refractivity contribution >= 4 is 0 Å². The van der Waals surface area contributed by atoms with Gasteiger partial charge in [0, 0.05) is 37.8 Å². The normalized spacial score (nSPS) is 43.3. The van der Waals surface area contributed by atoms with E-state index in [9.17, 15) is 0 Å². The van der Waals surface area contributed by atoms with Crippen LogP contribution in [0.2, 0.25) is 0 Å². The Morgan fingerprint density at radius 2 is 1.33 bits per heavy atom. The molecule has 11 unspecified atom stereocenters. The second kappa shape index (κ2) is 14.9. The van der Waals surface area contributed by atoms with Crippen molar-refractivity contribution < 1.29 is 4.48 Å². The molecule has 4 N–H and O–H groups in total. The van der Waals surface area contributed by atoms with Gasteiger partial charge in [0.1, 0.15) is 6.04 Å². The molecule has 6 nitrogen and oxygen atoms in total. The predicted octanol–water partition coefficient (Wildman–Crippen LogP) is 8.75. The molecular weight excluding hydrogens is 637 g/mol. The lowest BCUT2D eigenvalue weighted by atomic mass is 9.73. The highest BCUT2D eigenvalue weighted by Gasteiger charge is 2.66. The zero-order chi connectivity index (χ0) is 34.5. The molecule has 0 aromatic heterocycles. The first-order valence-corrected chi connectivity index (χ1v) is 22.6. The smallest absolute Gasteiger partial charge is 0.172 e. The van der Waals surface area contributed by atoms with Crippen molar-refractivity contribution in [3.63, 3.8) is 0 Å². The van der Waals surface area contributed by atoms with Crippen LogP contribution in [0.25, 0.3) is 0 Å². The second-order valence-corrected chi connectivity index (χ2v) is 18.8. The summed E-state index contributed by atoms with van der Waals surface area (Å²) in [5.41, 5.74) is 5.41. The van der Waals surface area contributed by atoms with Crippen LogP contribution < -0.4 is 21.3 Å². The molecule has 52 heavy (non-hydrogen) atoms. The monoisotopic (exact) mass is 706 g/mol. The van der Waals surface area contributed by atoms with Crippen molar-refractivity contribution in [1.29, 1.82) is 0 Å². The number of rotatable bonds is 7. The highest BCUT2D eigenvalue weighted by Crippen LogP contribution is 2.61. The molecule has 0 radical (unpaired) electrons. The largest absolute Gasteiger partial charge is 0.351 e. The van der Waals surface area contributed by atoms with Crippen LogP contribution in [0, 0.1) is 23.7 Å². The topological polar surface area (TPSA) is 51.4 Å². The Bertz CT molecular complexity index is 1460. The summed E-state index contributed by atoms with van der Waals surface area (Å²) >= 11 is 0. The van der Waals surface area contributed by atoms with Crippen LogP contribution in [0.5, 0.6) is 0 Å². The maximum Gasteiger partial charge on any atom is 0.172 e. The van der Waals surface area contributed by atoms with Gasteiger partial charge in [0.2, 0.25) is 0 Å². The van der Waals surface area contributed by atoms with Crippen LogP contribution in [0.1, 0.15) is 141 Å². The average molecular weight is 706 g/mol. The summed E-state index contributed by atoms with van der Waals surface area (Å²) in [5.74, 6) is 2.71. The van der Waals surface area contributed by atoms with E-state index in [2.05, 4.69) is 80.9 Å². The van der Waals surface area contributed by atoms with E-state index in [1.54, 1.807) is 5.70 Å². The van der Waals surface area contributed by atoms with Gasteiger partial charge in [-0.25, -0.2) is 4.48 Å². The van der Waals surface area contributed by atoms with Gasteiger partial charge in [-0.05, 0) is 120 Å². The number of hydrogen-bond donors (Lipinski definition) is 4. The van der Waals surface area contributed by atoms with Gasteiger partial charge < -0.3 is 4.90 Å². The Kier molecular flexibility index (Phi) is 9.92. The summed E-state index contributed by atoms with van der Waals surface area (Å²) in [5, 5.41) is 17.3. The van der Waals surface area contributed by atoms with E-state index in [4.69, 9.17) is 0 Å². The van der Waals surface area contributed by atoms with Crippen LogP contribution >= 0.6 is 0 Å². The molecule has 0 aromatic rings. The number of hydrogen-bond acceptors (Lipinski definition) is 5. The fourth-order valence-electron chi connectivity index (χ4n) is 13.5. The van der Waals surface area contributed by atoms with Gasteiger partial charge in [-0.1, -0.05) is 67.9 Å². The Hall–Kier alpha value is -1.96. The first-order chi connectivity index (χ1) is 25.8. The van der Waals surface area contributed by atoms with Gasteiger partial charge in [-0.3, -0.25) is 21.3 Å². The van der Waals surface area contributed by atoms with Gasteiger partial charge in [0.05, 0.1) is 42.8 Å². The predicted molar refractivity (Wildman–Crippen MR) is 212 cm³/mol. The second-order valence-electron chi connectivity index (χ2n) is 18.8. The molecule has 0 spiro atoms. The van der Waals surface area contributed by atoms with Crippen molar-refractivity contribution in [1.82, 2.24) is 26.2 Å². The third-order valence-electron chi connectivity index (χ3n) is 15.9. The standard InChI is InChI=1S/C46H69N6/c1-5-17-32(18-6-1)43-48-44(33-19-7-2-8-20-33)50-45(49-43)34-29-35(46-47-39-25-13-14-26-40(39)51(46)36-21-9-3-10-22-36)31-38(30-34)52(37-23-11-4-12-24-37)41-27-15-16-28-42(41)52/h1,5,11,13-14,21,23,25-26,32-35,37-40,43-50H,2-4,6-10,12,15-20,22,24,27-31H2/q+1. The molecule has 2 saturated carbocycles. The molecular formula is C46H69N6+. The van der Waals surface area contributed by atoms with Crippen molar-refractivity contribution in [3.05, 3.63) is 71.8 Å². The minimum atomic E-state index is 0.374. The maximum atomic E-state index is 4.39. The summed E-state index contributed by atoms with van der Waals surface area (Å²) in [6, 6.07) is 2.24. The maximum absolute atomic E-state index is 4.39. The summed E-state index contributed by atoms with van der Waals surface area (Å²) in [6.45, 7) is 0. The van der Waals surface area contributed by atoms with Crippen LogP contribution in [0.4, 0.5) is 0 Å². The lowest BCUT2D eigenvalue weighted by molar-refractivity contribution is -0.840. The first-order valence-electron chi connectivity index (χ1n) is 22.6. The molecule has 7 aliphatic carbocycles. The molecule has 4 fully saturated rings. The van der Waals surface area contributed by atoms with Crippen molar-refractivity contribution in [2.24, 2.45) is 23.7 Å². The Morgan fingerprint density at radius 3 is 2.08 bits per heavy atom. The van der Waals surface area contributed by atoms with Crippen molar-refractivity contribution in [3.8, 4) is 0 Å². The summed E-state index contributed by atoms with van der Waals surface area (Å²) < 4.78 is 1.31. The number of fused-ring (bicyclic) bond motifs is 1. The minimum absolute atomic E-state index is 0.374. The van der Waals surface area contributed by atoms with Crippen LogP contribution in [-0.4, -0.2) is 58.2 Å². The molecule has 2 saturated heterocycles. The molecule has 10 rings (SSSR count). The van der Waals surface area contributed by atoms with Crippen LogP contribution in [0.3, 0.4) is 0 Å². The van der Waals surface area contributed by atoms with E-state index in [1.165, 1.54) is 146 Å². The summed E-state index contributed by atoms with van der Waals surface area (Å²) in [6.07, 6.45) is 53.6. The molecule has 0 aromatic carbocycles.